The van der Waals surface area contributed by atoms with Crippen LogP contribution in [0.4, 0.5) is 0 Å². The summed E-state index contributed by atoms with van der Waals surface area (Å²) in [6, 6.07) is 31.7. The van der Waals surface area contributed by atoms with E-state index < -0.39 is 16.0 Å². The fourth-order valence-corrected chi connectivity index (χ4v) is 6.20. The van der Waals surface area contributed by atoms with Crippen LogP contribution in [0.2, 0.25) is 0 Å². The summed E-state index contributed by atoms with van der Waals surface area (Å²) < 4.78 is 16.7. The lowest BCUT2D eigenvalue weighted by atomic mass is 9.99. The van der Waals surface area contributed by atoms with Crippen molar-refractivity contribution < 1.29 is 24.1 Å². The number of carbonyl (C=O) groups is 1. The largest absolute Gasteiger partial charge is 0.496 e. The molecule has 6 nitrogen and oxygen atoms in total. The van der Waals surface area contributed by atoms with E-state index in [1.165, 1.54) is 0 Å². The number of hydrogen-bond donors (Lipinski definition) is 2. The van der Waals surface area contributed by atoms with Crippen molar-refractivity contribution in [2.45, 2.75) is 46.8 Å². The molecule has 0 saturated carbocycles. The zero-order valence-electron chi connectivity index (χ0n) is 23.9. The molecule has 2 N–H and O–H groups in total. The van der Waals surface area contributed by atoms with Gasteiger partial charge in [-0.1, -0.05) is 108 Å². The second-order valence-corrected chi connectivity index (χ2v) is 13.7. The predicted octanol–water partition coefficient (Wildman–Crippen LogP) is 8.18. The van der Waals surface area contributed by atoms with Crippen LogP contribution in [0.3, 0.4) is 0 Å². The molecule has 0 spiro atoms. The highest BCUT2D eigenvalue weighted by molar-refractivity contribution is 7.99. The van der Waals surface area contributed by atoms with E-state index in [1.807, 2.05) is 91.0 Å². The smallest absolute Gasteiger partial charge is 0.272 e. The van der Waals surface area contributed by atoms with E-state index in [0.717, 1.165) is 44.0 Å². The second-order valence-electron chi connectivity index (χ2n) is 10.3. The van der Waals surface area contributed by atoms with Crippen molar-refractivity contribution in [3.8, 4) is 16.9 Å². The zero-order chi connectivity index (χ0) is 31.1. The molecule has 0 aliphatic carbocycles. The maximum absolute atomic E-state index is 12.0. The molecular formula is C34H32Cl3NO5S. The number of carbonyl (C=O) groups excluding carboxylic acids is 1. The van der Waals surface area contributed by atoms with Gasteiger partial charge in [0.1, 0.15) is 5.75 Å². The van der Waals surface area contributed by atoms with Crippen LogP contribution < -0.4 is 10.1 Å². The number of amides is 1. The minimum absolute atomic E-state index is 0.0109. The number of hydrogen-bond acceptors (Lipinski definition) is 6. The Morgan fingerprint density at radius 1 is 0.909 bits per heavy atom. The van der Waals surface area contributed by atoms with Crippen LogP contribution in [0.5, 0.6) is 5.75 Å². The molecule has 0 aromatic heterocycles. The summed E-state index contributed by atoms with van der Waals surface area (Å²) in [4.78, 5) is 13.1. The number of para-hydroxylation sites is 1. The molecule has 4 aromatic rings. The Morgan fingerprint density at radius 3 is 2.36 bits per heavy atom. The van der Waals surface area contributed by atoms with Crippen LogP contribution in [-0.4, -0.2) is 33.8 Å². The molecule has 1 aliphatic heterocycles. The van der Waals surface area contributed by atoms with Gasteiger partial charge in [-0.2, -0.15) is 0 Å². The average Bonchev–Trinajstić information content (AvgIpc) is 3.06. The van der Waals surface area contributed by atoms with Gasteiger partial charge in [0.05, 0.1) is 25.9 Å². The number of methoxy groups -OCH3 is 1. The molecule has 3 atom stereocenters. The van der Waals surface area contributed by atoms with Gasteiger partial charge in [-0.3, -0.25) is 4.79 Å². The van der Waals surface area contributed by atoms with E-state index in [-0.39, 0.29) is 25.4 Å². The maximum atomic E-state index is 12.0. The van der Waals surface area contributed by atoms with Crippen molar-refractivity contribution >= 4 is 52.5 Å². The standard InChI is InChI=1S/C34H32Cl3NO5S/c1-41-29-10-2-3-11-31(29)44-21-28-18-30(24-14-12-22(20-39)13-15-24)43-32(42-28)27-9-5-8-26(17-27)25-7-4-6-23(16-25)19-38-33(40)34(35,36)37/h2-17,28,30,32,39H,18-21H2,1H3,(H,38,40)/t28-,30+,32+/m1/s1. The molecule has 0 bridgehead atoms. The van der Waals surface area contributed by atoms with Crippen LogP contribution in [0.25, 0.3) is 11.1 Å². The first kappa shape index (κ1) is 32.6. The molecule has 1 aliphatic rings. The summed E-state index contributed by atoms with van der Waals surface area (Å²) in [5.41, 5.74) is 5.56. The topological polar surface area (TPSA) is 77.0 Å². The normalized spacial score (nSPS) is 18.5. The van der Waals surface area contributed by atoms with Crippen LogP contribution in [0.1, 0.15) is 41.1 Å². The van der Waals surface area contributed by atoms with Crippen molar-refractivity contribution in [2.24, 2.45) is 0 Å². The molecule has 0 unspecified atom stereocenters. The third-order valence-corrected chi connectivity index (χ3v) is 8.94. The zero-order valence-corrected chi connectivity index (χ0v) is 27.0. The molecule has 44 heavy (non-hydrogen) atoms. The van der Waals surface area contributed by atoms with E-state index in [1.54, 1.807) is 18.9 Å². The highest BCUT2D eigenvalue weighted by atomic mass is 35.6. The Balaban J connectivity index is 1.37. The first-order valence-corrected chi connectivity index (χ1v) is 16.2. The highest BCUT2D eigenvalue weighted by Gasteiger charge is 2.33. The van der Waals surface area contributed by atoms with Crippen LogP contribution in [0.15, 0.2) is 102 Å². The number of halogens is 3. The molecule has 4 aromatic carbocycles. The van der Waals surface area contributed by atoms with Gasteiger partial charge >= 0.3 is 0 Å². The molecule has 0 radical (unpaired) electrons. The summed E-state index contributed by atoms with van der Waals surface area (Å²) in [6.45, 7) is 0.209. The molecule has 1 heterocycles. The van der Waals surface area contributed by atoms with Gasteiger partial charge in [0.15, 0.2) is 6.29 Å². The molecular weight excluding hydrogens is 641 g/mol. The van der Waals surface area contributed by atoms with Crippen molar-refractivity contribution in [1.82, 2.24) is 5.32 Å². The lowest BCUT2D eigenvalue weighted by Crippen LogP contribution is -2.33. The second kappa shape index (κ2) is 15.0. The number of alkyl halides is 3. The summed E-state index contributed by atoms with van der Waals surface area (Å²) in [7, 11) is 1.68. The van der Waals surface area contributed by atoms with Gasteiger partial charge in [-0.05, 0) is 52.1 Å². The van der Waals surface area contributed by atoms with Gasteiger partial charge in [-0.25, -0.2) is 0 Å². The van der Waals surface area contributed by atoms with Gasteiger partial charge in [0.25, 0.3) is 9.70 Å². The number of thioether (sulfide) groups is 1. The minimum atomic E-state index is -2.02. The van der Waals surface area contributed by atoms with Gasteiger partial charge in [0, 0.05) is 29.2 Å². The first-order valence-electron chi connectivity index (χ1n) is 14.0. The number of aliphatic hydroxyl groups excluding tert-OH is 1. The quantitative estimate of drug-likeness (QED) is 0.131. The average molecular weight is 673 g/mol. The van der Waals surface area contributed by atoms with Crippen molar-refractivity contribution in [3.05, 3.63) is 119 Å². The van der Waals surface area contributed by atoms with E-state index in [9.17, 15) is 9.90 Å². The molecule has 1 fully saturated rings. The Kier molecular flexibility index (Phi) is 11.1. The first-order chi connectivity index (χ1) is 21.2. The van der Waals surface area contributed by atoms with Gasteiger partial charge in [0.2, 0.25) is 0 Å². The Bertz CT molecular complexity index is 1560. The minimum Gasteiger partial charge on any atom is -0.496 e. The molecule has 5 rings (SSSR count). The molecule has 230 valence electrons. The molecule has 10 heteroatoms. The number of benzene rings is 4. The molecule has 1 amide bonds. The van der Waals surface area contributed by atoms with Crippen LogP contribution in [-0.2, 0) is 27.4 Å². The van der Waals surface area contributed by atoms with Crippen molar-refractivity contribution in [2.75, 3.05) is 12.9 Å². The van der Waals surface area contributed by atoms with Crippen LogP contribution >= 0.6 is 46.6 Å². The number of ether oxygens (including phenoxy) is 3. The summed E-state index contributed by atoms with van der Waals surface area (Å²) in [5.74, 6) is 0.868. The van der Waals surface area contributed by atoms with E-state index >= 15 is 0 Å². The Hall–Kier alpha value is -2.75. The predicted molar refractivity (Wildman–Crippen MR) is 176 cm³/mol. The van der Waals surface area contributed by atoms with E-state index in [2.05, 4.69) is 11.4 Å². The maximum Gasteiger partial charge on any atom is 0.272 e. The highest BCUT2D eigenvalue weighted by Crippen LogP contribution is 2.41. The monoisotopic (exact) mass is 671 g/mol. The van der Waals surface area contributed by atoms with Crippen molar-refractivity contribution in [3.63, 3.8) is 0 Å². The third-order valence-electron chi connectivity index (χ3n) is 7.24. The Morgan fingerprint density at radius 2 is 1.64 bits per heavy atom. The summed E-state index contributed by atoms with van der Waals surface area (Å²) in [6.07, 6.45) is -0.210. The SMILES string of the molecule is COc1ccccc1SC[C@H]1C[C@@H](c2ccc(CO)cc2)O[C@@H](c2cccc(-c3cccc(CNC(=O)C(Cl)(Cl)Cl)c3)c2)O1. The van der Waals surface area contributed by atoms with Crippen LogP contribution in [0, 0.1) is 0 Å². The molecule has 1 saturated heterocycles. The van der Waals surface area contributed by atoms with Gasteiger partial charge < -0.3 is 24.6 Å². The van der Waals surface area contributed by atoms with Gasteiger partial charge in [-0.15, -0.1) is 11.8 Å². The Labute approximate surface area is 276 Å². The number of nitrogens with one attached hydrogen (secondary N) is 1. The van der Waals surface area contributed by atoms with E-state index in [0.29, 0.717) is 12.2 Å². The fraction of sp³-hybridized carbons (Fsp3) is 0.265. The summed E-state index contributed by atoms with van der Waals surface area (Å²) >= 11 is 18.7. The lowest BCUT2D eigenvalue weighted by Gasteiger charge is -2.36. The lowest BCUT2D eigenvalue weighted by molar-refractivity contribution is -0.245. The number of rotatable bonds is 10. The third kappa shape index (κ3) is 8.49. The fourth-order valence-electron chi connectivity index (χ4n) is 4.95. The van der Waals surface area contributed by atoms with E-state index in [4.69, 9.17) is 49.0 Å². The summed E-state index contributed by atoms with van der Waals surface area (Å²) in [5, 5.41) is 12.2. The number of aliphatic hydroxyl groups is 1. The van der Waals surface area contributed by atoms with Crippen molar-refractivity contribution in [1.29, 1.82) is 0 Å².